The number of carboxylic acids is 1. The van der Waals surface area contributed by atoms with Crippen LogP contribution in [0.25, 0.3) is 33.3 Å². The molecular weight excluding hydrogens is 477 g/mol. The first kappa shape index (κ1) is 26.9. The van der Waals surface area contributed by atoms with Crippen molar-refractivity contribution in [2.45, 2.75) is 40.3 Å². The number of halogens is 3. The van der Waals surface area contributed by atoms with Gasteiger partial charge in [0.25, 0.3) is 0 Å². The van der Waals surface area contributed by atoms with Crippen molar-refractivity contribution in [3.63, 3.8) is 0 Å². The lowest BCUT2D eigenvalue weighted by atomic mass is 9.78. The number of benzene rings is 1. The Labute approximate surface area is 204 Å². The van der Waals surface area contributed by atoms with E-state index in [-0.39, 0.29) is 23.7 Å². The number of carbonyl (C=O) groups excluding carboxylic acids is 1. The zero-order chi connectivity index (χ0) is 26.8. The third-order valence-electron chi connectivity index (χ3n) is 5.86. The van der Waals surface area contributed by atoms with Gasteiger partial charge in [0, 0.05) is 46.9 Å². The van der Waals surface area contributed by atoms with Crippen molar-refractivity contribution < 1.29 is 33.0 Å². The van der Waals surface area contributed by atoms with Crippen molar-refractivity contribution in [2.24, 2.45) is 11.3 Å². The summed E-state index contributed by atoms with van der Waals surface area (Å²) in [5.41, 5.74) is 4.96. The van der Waals surface area contributed by atoms with Crippen LogP contribution in [0.3, 0.4) is 0 Å². The molecule has 0 aliphatic rings. The Kier molecular flexibility index (Phi) is 7.54. The van der Waals surface area contributed by atoms with Crippen molar-refractivity contribution in [1.82, 2.24) is 19.9 Å². The highest BCUT2D eigenvalue weighted by atomic mass is 19.4. The highest BCUT2D eigenvalue weighted by Crippen LogP contribution is 2.31. The van der Waals surface area contributed by atoms with E-state index < -0.39 is 12.1 Å². The van der Waals surface area contributed by atoms with Gasteiger partial charge in [-0.15, -0.1) is 0 Å². The topological polar surface area (TPSA) is 132 Å². The van der Waals surface area contributed by atoms with Crippen LogP contribution in [0.1, 0.15) is 43.4 Å². The molecule has 1 aromatic carbocycles. The lowest BCUT2D eigenvalue weighted by molar-refractivity contribution is -0.192. The predicted octanol–water partition coefficient (Wildman–Crippen LogP) is 5.28. The van der Waals surface area contributed by atoms with E-state index in [1.165, 1.54) is 0 Å². The quantitative estimate of drug-likeness (QED) is 0.274. The molecule has 4 N–H and O–H groups in total. The first-order valence-corrected chi connectivity index (χ1v) is 11.1. The lowest BCUT2D eigenvalue weighted by Crippen LogP contribution is -2.26. The van der Waals surface area contributed by atoms with E-state index >= 15 is 0 Å². The van der Waals surface area contributed by atoms with Gasteiger partial charge in [0.2, 0.25) is 0 Å². The molecule has 0 unspecified atom stereocenters. The number of nitrogens with one attached hydrogen (secondary N) is 2. The van der Waals surface area contributed by atoms with Crippen LogP contribution in [0.4, 0.5) is 13.2 Å². The number of aromatic nitrogens is 4. The van der Waals surface area contributed by atoms with Gasteiger partial charge in [-0.3, -0.25) is 4.79 Å². The second-order valence-corrected chi connectivity index (χ2v) is 9.54. The summed E-state index contributed by atoms with van der Waals surface area (Å²) in [5, 5.41) is 17.8. The van der Waals surface area contributed by atoms with Crippen LogP contribution >= 0.6 is 0 Å². The van der Waals surface area contributed by atoms with Crippen molar-refractivity contribution in [3.05, 3.63) is 47.9 Å². The zero-order valence-electron chi connectivity index (χ0n) is 20.2. The summed E-state index contributed by atoms with van der Waals surface area (Å²) in [4.78, 5) is 37.1. The summed E-state index contributed by atoms with van der Waals surface area (Å²) >= 11 is 0. The fraction of sp³-hybridized carbons (Fsp3) is 0.360. The average molecular weight is 505 g/mol. The number of aliphatic hydroxyl groups is 1. The van der Waals surface area contributed by atoms with Gasteiger partial charge in [-0.25, -0.2) is 14.8 Å². The molecule has 0 fully saturated rings. The minimum atomic E-state index is -5.08. The smallest absolute Gasteiger partial charge is 0.475 e. The van der Waals surface area contributed by atoms with E-state index in [1.807, 2.05) is 52.0 Å². The molecule has 4 rings (SSSR count). The van der Waals surface area contributed by atoms with Gasteiger partial charge in [0.1, 0.15) is 5.82 Å². The predicted molar refractivity (Wildman–Crippen MR) is 129 cm³/mol. The van der Waals surface area contributed by atoms with Crippen LogP contribution in [0.5, 0.6) is 0 Å². The van der Waals surface area contributed by atoms with E-state index in [1.54, 1.807) is 6.20 Å². The number of aromatic amines is 2. The molecule has 0 aliphatic heterocycles. The molecule has 1 atom stereocenters. The minimum absolute atomic E-state index is 0.00573. The van der Waals surface area contributed by atoms with Crippen LogP contribution in [-0.4, -0.2) is 54.7 Å². The normalized spacial score (nSPS) is 12.9. The summed E-state index contributed by atoms with van der Waals surface area (Å²) in [7, 11) is 0. The van der Waals surface area contributed by atoms with Crippen LogP contribution < -0.4 is 0 Å². The van der Waals surface area contributed by atoms with Gasteiger partial charge >= 0.3 is 12.1 Å². The van der Waals surface area contributed by atoms with E-state index in [4.69, 9.17) is 9.90 Å². The molecule has 8 nitrogen and oxygen atoms in total. The molecule has 4 aromatic rings. The standard InChI is InChI=1S/C23H26N4O2.C2HF3O2/c1-13-25-21-17(7-8-24-22(21)26-13)19-9-14-5-6-15(10-18(14)27-19)20(29)11-16(12-28)23(2,3)4;3-2(4,5)1(6)7/h5-10,16,27-28H,11-12H2,1-4H3,(H,24,25,26);(H,6,7)/t16-;/m1./s1. The highest BCUT2D eigenvalue weighted by Gasteiger charge is 2.38. The molecule has 0 bridgehead atoms. The maximum absolute atomic E-state index is 12.8. The largest absolute Gasteiger partial charge is 0.490 e. The number of carboxylic acid groups (broad SMARTS) is 1. The Morgan fingerprint density at radius 1 is 1.08 bits per heavy atom. The summed E-state index contributed by atoms with van der Waals surface area (Å²) < 4.78 is 31.7. The van der Waals surface area contributed by atoms with E-state index in [0.29, 0.717) is 17.6 Å². The Hall–Kier alpha value is -3.73. The minimum Gasteiger partial charge on any atom is -0.475 e. The molecule has 0 radical (unpaired) electrons. The number of hydrogen-bond acceptors (Lipinski definition) is 5. The summed E-state index contributed by atoms with van der Waals surface area (Å²) in [6.07, 6.45) is -3.00. The molecule has 36 heavy (non-hydrogen) atoms. The molecule has 0 spiro atoms. The van der Waals surface area contributed by atoms with Gasteiger partial charge in [0.15, 0.2) is 11.4 Å². The number of nitrogens with zero attached hydrogens (tertiary/aromatic N) is 2. The maximum Gasteiger partial charge on any atom is 0.490 e. The van der Waals surface area contributed by atoms with Gasteiger partial charge in [0.05, 0.1) is 5.52 Å². The molecule has 11 heteroatoms. The molecule has 0 saturated carbocycles. The number of rotatable bonds is 5. The van der Waals surface area contributed by atoms with Crippen molar-refractivity contribution >= 4 is 33.8 Å². The number of pyridine rings is 1. The van der Waals surface area contributed by atoms with E-state index in [0.717, 1.165) is 33.5 Å². The number of fused-ring (bicyclic) bond motifs is 2. The van der Waals surface area contributed by atoms with Crippen LogP contribution in [0, 0.1) is 18.3 Å². The Morgan fingerprint density at radius 3 is 2.33 bits per heavy atom. The third kappa shape index (κ3) is 6.09. The number of Topliss-reactive ketones (excluding diaryl/α,β-unsaturated/α-hetero) is 1. The van der Waals surface area contributed by atoms with Crippen molar-refractivity contribution in [3.8, 4) is 11.3 Å². The van der Waals surface area contributed by atoms with Crippen LogP contribution in [0.2, 0.25) is 0 Å². The van der Waals surface area contributed by atoms with Crippen LogP contribution in [0.15, 0.2) is 36.5 Å². The first-order chi connectivity index (χ1) is 16.7. The molecule has 0 saturated heterocycles. The Balaban J connectivity index is 0.000000454. The fourth-order valence-corrected chi connectivity index (χ4v) is 3.68. The Bertz CT molecular complexity index is 1400. The summed E-state index contributed by atoms with van der Waals surface area (Å²) in [5.74, 6) is -1.96. The maximum atomic E-state index is 12.8. The monoisotopic (exact) mass is 504 g/mol. The second-order valence-electron chi connectivity index (χ2n) is 9.54. The highest BCUT2D eigenvalue weighted by molar-refractivity contribution is 6.01. The number of aliphatic hydroxyl groups excluding tert-OH is 1. The second kappa shape index (κ2) is 10.1. The average Bonchev–Trinajstić information content (AvgIpc) is 3.37. The van der Waals surface area contributed by atoms with E-state index in [9.17, 15) is 23.1 Å². The molecule has 0 aliphatic carbocycles. The number of hydrogen-bond donors (Lipinski definition) is 4. The van der Waals surface area contributed by atoms with Gasteiger partial charge in [-0.05, 0) is 36.5 Å². The SMILES string of the molecule is Cc1nc2nccc(-c3cc4ccc(C(=O)C[C@H](CO)C(C)(C)C)cc4[nH]3)c2[nH]1.O=C(O)C(F)(F)F. The number of alkyl halides is 3. The molecule has 192 valence electrons. The number of ketones is 1. The number of aryl methyl sites for hydroxylation is 1. The van der Waals surface area contributed by atoms with Crippen molar-refractivity contribution in [2.75, 3.05) is 6.61 Å². The molecule has 3 aromatic heterocycles. The lowest BCUT2D eigenvalue weighted by Gasteiger charge is -2.28. The zero-order valence-corrected chi connectivity index (χ0v) is 20.2. The van der Waals surface area contributed by atoms with Crippen molar-refractivity contribution in [1.29, 1.82) is 0 Å². The molecule has 3 heterocycles. The number of H-pyrrole nitrogens is 2. The van der Waals surface area contributed by atoms with Gasteiger partial charge in [-0.2, -0.15) is 13.2 Å². The number of aliphatic carboxylic acids is 1. The first-order valence-electron chi connectivity index (χ1n) is 11.1. The molecular formula is C25H27F3N4O4. The van der Waals surface area contributed by atoms with Gasteiger partial charge < -0.3 is 20.2 Å². The molecule has 0 amide bonds. The Morgan fingerprint density at radius 2 is 1.75 bits per heavy atom. The third-order valence-corrected chi connectivity index (χ3v) is 5.86. The number of imidazole rings is 1. The summed E-state index contributed by atoms with van der Waals surface area (Å²) in [6, 6.07) is 9.74. The van der Waals surface area contributed by atoms with Crippen LogP contribution in [-0.2, 0) is 4.79 Å². The number of carbonyl (C=O) groups is 2. The van der Waals surface area contributed by atoms with Gasteiger partial charge in [-0.1, -0.05) is 32.9 Å². The fourth-order valence-electron chi connectivity index (χ4n) is 3.68. The van der Waals surface area contributed by atoms with E-state index in [2.05, 4.69) is 26.0 Å². The summed E-state index contributed by atoms with van der Waals surface area (Å²) in [6.45, 7) is 8.06.